The fourth-order valence-electron chi connectivity index (χ4n) is 2.09. The zero-order valence-corrected chi connectivity index (χ0v) is 13.7. The molecule has 0 aliphatic heterocycles. The third-order valence-corrected chi connectivity index (χ3v) is 3.60. The minimum Gasteiger partial charge on any atom is -0.338 e. The van der Waals surface area contributed by atoms with Crippen LogP contribution >= 0.6 is 0 Å². The van der Waals surface area contributed by atoms with Crippen molar-refractivity contribution in [3.63, 3.8) is 0 Å². The predicted octanol–water partition coefficient (Wildman–Crippen LogP) is 2.60. The van der Waals surface area contributed by atoms with Gasteiger partial charge in [0.05, 0.1) is 11.3 Å². The van der Waals surface area contributed by atoms with Gasteiger partial charge in [0.2, 0.25) is 17.6 Å². The normalized spacial score (nSPS) is 11.6. The molecule has 136 valence electrons. The Morgan fingerprint density at radius 1 is 1.31 bits per heavy atom. The first-order valence-electron chi connectivity index (χ1n) is 7.42. The zero-order chi connectivity index (χ0) is 18.9. The van der Waals surface area contributed by atoms with Crippen LogP contribution in [-0.4, -0.2) is 31.3 Å². The lowest BCUT2D eigenvalue weighted by Crippen LogP contribution is -2.20. The third kappa shape index (κ3) is 3.71. The third-order valence-electron chi connectivity index (χ3n) is 3.60. The maximum atomic E-state index is 12.8. The van der Waals surface area contributed by atoms with Gasteiger partial charge in [0, 0.05) is 11.1 Å². The lowest BCUT2D eigenvalue weighted by atomic mass is 10.1. The van der Waals surface area contributed by atoms with Crippen LogP contribution in [0.15, 0.2) is 28.8 Å². The highest BCUT2D eigenvalue weighted by Gasteiger charge is 2.30. The van der Waals surface area contributed by atoms with Crippen molar-refractivity contribution in [2.45, 2.75) is 26.6 Å². The van der Waals surface area contributed by atoms with Gasteiger partial charge < -0.3 is 4.52 Å². The molecule has 3 rings (SSSR count). The minimum atomic E-state index is -4.47. The molecule has 2 heterocycles. The molecule has 26 heavy (non-hydrogen) atoms. The second-order valence-electron chi connectivity index (χ2n) is 5.49. The van der Waals surface area contributed by atoms with Crippen molar-refractivity contribution in [1.29, 1.82) is 0 Å². The number of hydrogen-bond donors (Lipinski definition) is 1. The van der Waals surface area contributed by atoms with Crippen molar-refractivity contribution < 1.29 is 22.5 Å². The Kier molecular flexibility index (Phi) is 4.45. The molecule has 0 atom stereocenters. The maximum Gasteiger partial charge on any atom is 0.416 e. The summed E-state index contributed by atoms with van der Waals surface area (Å²) < 4.78 is 43.3. The molecule has 1 N–H and O–H groups in total. The van der Waals surface area contributed by atoms with Crippen LogP contribution in [0.25, 0.3) is 11.4 Å². The Labute approximate surface area is 145 Å². The van der Waals surface area contributed by atoms with Crippen LogP contribution in [0.2, 0.25) is 0 Å². The van der Waals surface area contributed by atoms with E-state index in [1.54, 1.807) is 13.8 Å². The van der Waals surface area contributed by atoms with Gasteiger partial charge in [0.1, 0.15) is 6.54 Å². The van der Waals surface area contributed by atoms with Crippen molar-refractivity contribution in [1.82, 2.24) is 25.4 Å². The van der Waals surface area contributed by atoms with Crippen molar-refractivity contribution in [3.05, 3.63) is 41.1 Å². The summed E-state index contributed by atoms with van der Waals surface area (Å²) in [6.45, 7) is 3.18. The number of alkyl halides is 3. The predicted molar refractivity (Wildman–Crippen MR) is 82.9 cm³/mol. The lowest BCUT2D eigenvalue weighted by Gasteiger charge is -2.06. The van der Waals surface area contributed by atoms with Crippen molar-refractivity contribution in [3.8, 4) is 11.4 Å². The van der Waals surface area contributed by atoms with Crippen molar-refractivity contribution in [2.24, 2.45) is 0 Å². The molecule has 0 aliphatic rings. The molecule has 1 amide bonds. The molecule has 0 saturated carbocycles. The first-order valence-corrected chi connectivity index (χ1v) is 7.42. The molecule has 8 nitrogen and oxygen atoms in total. The molecule has 0 unspecified atom stereocenters. The lowest BCUT2D eigenvalue weighted by molar-refractivity contribution is -0.137. The molecule has 2 aromatic heterocycles. The van der Waals surface area contributed by atoms with E-state index < -0.39 is 17.6 Å². The van der Waals surface area contributed by atoms with Crippen LogP contribution in [0.4, 0.5) is 19.1 Å². The van der Waals surface area contributed by atoms with E-state index in [1.165, 1.54) is 12.1 Å². The van der Waals surface area contributed by atoms with E-state index >= 15 is 0 Å². The highest BCUT2D eigenvalue weighted by atomic mass is 19.4. The van der Waals surface area contributed by atoms with E-state index in [2.05, 4.69) is 25.9 Å². The van der Waals surface area contributed by atoms with Gasteiger partial charge >= 0.3 is 6.18 Å². The number of halogens is 3. The van der Waals surface area contributed by atoms with Gasteiger partial charge in [-0.25, -0.2) is 0 Å². The van der Waals surface area contributed by atoms with Gasteiger partial charge in [-0.05, 0) is 31.2 Å². The summed E-state index contributed by atoms with van der Waals surface area (Å²) in [6.07, 6.45) is -4.47. The summed E-state index contributed by atoms with van der Waals surface area (Å²) in [5.41, 5.74) is 0.661. The van der Waals surface area contributed by atoms with E-state index in [-0.39, 0.29) is 23.8 Å². The van der Waals surface area contributed by atoms with Gasteiger partial charge in [-0.1, -0.05) is 17.3 Å². The Morgan fingerprint density at radius 3 is 2.73 bits per heavy atom. The largest absolute Gasteiger partial charge is 0.416 e. The Hall–Kier alpha value is -3.24. The number of rotatable bonds is 4. The van der Waals surface area contributed by atoms with Crippen LogP contribution in [-0.2, 0) is 17.5 Å². The number of benzene rings is 1. The monoisotopic (exact) mass is 366 g/mol. The number of amides is 1. The summed E-state index contributed by atoms with van der Waals surface area (Å²) in [5, 5.41) is 17.5. The van der Waals surface area contributed by atoms with E-state index in [4.69, 9.17) is 4.52 Å². The summed E-state index contributed by atoms with van der Waals surface area (Å²) in [4.78, 5) is 13.0. The molecular weight excluding hydrogens is 353 g/mol. The standard InChI is InChI=1S/C15H13F3N6O2/c1-8-9(2)22-26-14(8)19-12(25)7-24-21-13(20-23-24)10-4-3-5-11(6-10)15(16,17)18/h3-6H,7H2,1-2H3,(H,19,25). The fraction of sp³-hybridized carbons (Fsp3) is 0.267. The second kappa shape index (κ2) is 6.58. The Balaban J connectivity index is 1.72. The molecule has 0 bridgehead atoms. The van der Waals surface area contributed by atoms with E-state index in [0.29, 0.717) is 11.3 Å². The number of anilines is 1. The van der Waals surface area contributed by atoms with Gasteiger partial charge in [0.25, 0.3) is 0 Å². The Morgan fingerprint density at radius 2 is 2.08 bits per heavy atom. The molecule has 0 aliphatic carbocycles. The number of aromatic nitrogens is 5. The van der Waals surface area contributed by atoms with E-state index in [0.717, 1.165) is 16.9 Å². The molecule has 1 aromatic carbocycles. The summed E-state index contributed by atoms with van der Waals surface area (Å²) in [7, 11) is 0. The van der Waals surface area contributed by atoms with Gasteiger partial charge in [-0.3, -0.25) is 10.1 Å². The van der Waals surface area contributed by atoms with E-state index in [1.807, 2.05) is 0 Å². The van der Waals surface area contributed by atoms with E-state index in [9.17, 15) is 18.0 Å². The van der Waals surface area contributed by atoms with Crippen molar-refractivity contribution in [2.75, 3.05) is 5.32 Å². The quantitative estimate of drug-likeness (QED) is 0.762. The average molecular weight is 366 g/mol. The molecule has 0 spiro atoms. The van der Waals surface area contributed by atoms with Gasteiger partial charge in [-0.15, -0.1) is 10.2 Å². The van der Waals surface area contributed by atoms with Crippen LogP contribution in [0, 0.1) is 13.8 Å². The highest BCUT2D eigenvalue weighted by molar-refractivity contribution is 5.89. The molecule has 0 saturated heterocycles. The number of tetrazole rings is 1. The number of nitrogens with one attached hydrogen (secondary N) is 1. The number of carbonyl (C=O) groups is 1. The van der Waals surface area contributed by atoms with Gasteiger partial charge in [-0.2, -0.15) is 18.0 Å². The highest BCUT2D eigenvalue weighted by Crippen LogP contribution is 2.31. The number of aryl methyl sites for hydroxylation is 1. The molecular formula is C15H13F3N6O2. The maximum absolute atomic E-state index is 12.8. The van der Waals surface area contributed by atoms with Crippen LogP contribution in [0.1, 0.15) is 16.8 Å². The summed E-state index contributed by atoms with van der Waals surface area (Å²) in [6, 6.07) is 4.54. The molecule has 0 fully saturated rings. The minimum absolute atomic E-state index is 0.0180. The molecule has 3 aromatic rings. The summed E-state index contributed by atoms with van der Waals surface area (Å²) >= 11 is 0. The van der Waals surface area contributed by atoms with Gasteiger partial charge in [0.15, 0.2) is 0 Å². The SMILES string of the molecule is Cc1noc(NC(=O)Cn2nnc(-c3cccc(C(F)(F)F)c3)n2)c1C. The number of hydrogen-bond acceptors (Lipinski definition) is 6. The average Bonchev–Trinajstić information content (AvgIpc) is 3.16. The smallest absolute Gasteiger partial charge is 0.338 e. The fourth-order valence-corrected chi connectivity index (χ4v) is 2.09. The molecule has 0 radical (unpaired) electrons. The molecule has 11 heteroatoms. The first kappa shape index (κ1) is 17.6. The number of carbonyl (C=O) groups excluding carboxylic acids is 1. The summed E-state index contributed by atoms with van der Waals surface area (Å²) in [5.74, 6) is -0.293. The van der Waals surface area contributed by atoms with Crippen LogP contribution in [0.3, 0.4) is 0 Å². The topological polar surface area (TPSA) is 98.7 Å². The number of nitrogens with zero attached hydrogens (tertiary/aromatic N) is 5. The van der Waals surface area contributed by atoms with Crippen LogP contribution < -0.4 is 5.32 Å². The first-order chi connectivity index (χ1) is 12.2. The zero-order valence-electron chi connectivity index (χ0n) is 13.7. The van der Waals surface area contributed by atoms with Crippen molar-refractivity contribution >= 4 is 11.8 Å². The Bertz CT molecular complexity index is 947. The van der Waals surface area contributed by atoms with Crippen LogP contribution in [0.5, 0.6) is 0 Å². The second-order valence-corrected chi connectivity index (χ2v) is 5.49.